The van der Waals surface area contributed by atoms with Gasteiger partial charge in [-0.15, -0.1) is 11.3 Å². The first-order valence-electron chi connectivity index (χ1n) is 13.2. The molecule has 0 aliphatic heterocycles. The molecule has 7 heteroatoms. The molecule has 0 radical (unpaired) electrons. The van der Waals surface area contributed by atoms with Crippen molar-refractivity contribution < 1.29 is 13.9 Å². The number of benzene rings is 2. The zero-order chi connectivity index (χ0) is 26.8. The van der Waals surface area contributed by atoms with Crippen LogP contribution in [0, 0.1) is 18.7 Å². The molecule has 4 nitrogen and oxygen atoms in total. The number of rotatable bonds is 7. The summed E-state index contributed by atoms with van der Waals surface area (Å²) in [6, 6.07) is 15.0. The molecule has 0 bridgehead atoms. The van der Waals surface area contributed by atoms with Crippen LogP contribution in [0.15, 0.2) is 54.7 Å². The van der Waals surface area contributed by atoms with Crippen molar-refractivity contribution in [1.29, 1.82) is 0 Å². The number of halogens is 2. The maximum absolute atomic E-state index is 14.6. The number of pyridine rings is 1. The second-order valence-corrected chi connectivity index (χ2v) is 11.5. The predicted octanol–water partition coefficient (Wildman–Crippen LogP) is 8.68. The molecule has 38 heavy (non-hydrogen) atoms. The highest BCUT2D eigenvalue weighted by molar-refractivity contribution is 7.21. The van der Waals surface area contributed by atoms with Crippen molar-refractivity contribution in [3.8, 4) is 16.9 Å². The zero-order valence-electron chi connectivity index (χ0n) is 22.0. The van der Waals surface area contributed by atoms with Gasteiger partial charge in [-0.1, -0.05) is 43.1 Å². The van der Waals surface area contributed by atoms with E-state index in [2.05, 4.69) is 18.0 Å². The Balaban J connectivity index is 1.54. The second kappa shape index (κ2) is 11.4. The summed E-state index contributed by atoms with van der Waals surface area (Å²) in [4.78, 5) is 20.9. The number of nitrogens with zero attached hydrogens (tertiary/aromatic N) is 2. The smallest absolute Gasteiger partial charge is 0.266 e. The fraction of sp³-hybridized carbons (Fsp3) is 0.355. The molecule has 0 saturated heterocycles. The lowest BCUT2D eigenvalue weighted by Gasteiger charge is -2.37. The van der Waals surface area contributed by atoms with Gasteiger partial charge in [0.05, 0.1) is 12.1 Å². The average molecular weight is 551 g/mol. The fourth-order valence-corrected chi connectivity index (χ4v) is 6.98. The third kappa shape index (κ3) is 5.29. The van der Waals surface area contributed by atoms with Gasteiger partial charge in [0.2, 0.25) is 0 Å². The Hall–Kier alpha value is -2.96. The van der Waals surface area contributed by atoms with Crippen molar-refractivity contribution >= 4 is 38.9 Å². The first-order chi connectivity index (χ1) is 18.4. The molecular weight excluding hydrogens is 519 g/mol. The molecule has 1 fully saturated rings. The van der Waals surface area contributed by atoms with E-state index in [1.54, 1.807) is 13.2 Å². The molecule has 1 saturated carbocycles. The van der Waals surface area contributed by atoms with Crippen LogP contribution in [0.4, 0.5) is 4.39 Å². The topological polar surface area (TPSA) is 42.4 Å². The number of carbonyl (C=O) groups is 1. The summed E-state index contributed by atoms with van der Waals surface area (Å²) in [5.41, 5.74) is 3.89. The van der Waals surface area contributed by atoms with E-state index in [0.717, 1.165) is 60.2 Å². The van der Waals surface area contributed by atoms with E-state index in [-0.39, 0.29) is 17.0 Å². The van der Waals surface area contributed by atoms with Crippen molar-refractivity contribution in [2.75, 3.05) is 7.11 Å². The summed E-state index contributed by atoms with van der Waals surface area (Å²) in [6.07, 6.45) is 7.07. The molecule has 1 aliphatic carbocycles. The minimum atomic E-state index is -0.404. The SMILES string of the molecule is CC[C@H]1CC[C@H](N(Cc2cc(-c3ccc(C)nc3)ccc2OC)C(=O)c2sc3cccc(F)c3c2Cl)CC1. The van der Waals surface area contributed by atoms with Crippen molar-refractivity contribution in [3.63, 3.8) is 0 Å². The molecule has 2 aromatic carbocycles. The lowest BCUT2D eigenvalue weighted by molar-refractivity contribution is 0.0591. The highest BCUT2D eigenvalue weighted by Crippen LogP contribution is 2.40. The van der Waals surface area contributed by atoms with E-state index in [4.69, 9.17) is 16.3 Å². The van der Waals surface area contributed by atoms with Crippen LogP contribution >= 0.6 is 22.9 Å². The van der Waals surface area contributed by atoms with Gasteiger partial charge < -0.3 is 9.64 Å². The summed E-state index contributed by atoms with van der Waals surface area (Å²) in [5, 5.41) is 0.524. The van der Waals surface area contributed by atoms with E-state index >= 15 is 0 Å². The zero-order valence-corrected chi connectivity index (χ0v) is 23.5. The molecular formula is C31H32ClFN2O2S. The van der Waals surface area contributed by atoms with Crippen LogP contribution in [-0.2, 0) is 6.54 Å². The quantitative estimate of drug-likeness (QED) is 0.231. The van der Waals surface area contributed by atoms with Crippen molar-refractivity contribution in [2.24, 2.45) is 5.92 Å². The molecule has 0 spiro atoms. The molecule has 198 valence electrons. The second-order valence-electron chi connectivity index (χ2n) is 10.1. The largest absolute Gasteiger partial charge is 0.496 e. The summed E-state index contributed by atoms with van der Waals surface area (Å²) in [5.74, 6) is 0.860. The third-order valence-electron chi connectivity index (χ3n) is 7.76. The number of hydrogen-bond donors (Lipinski definition) is 0. The summed E-state index contributed by atoms with van der Waals surface area (Å²) in [7, 11) is 1.65. The molecule has 2 aromatic heterocycles. The highest BCUT2D eigenvalue weighted by atomic mass is 35.5. The van der Waals surface area contributed by atoms with E-state index in [0.29, 0.717) is 27.4 Å². The van der Waals surface area contributed by atoms with E-state index in [1.165, 1.54) is 17.4 Å². The molecule has 1 amide bonds. The van der Waals surface area contributed by atoms with Crippen LogP contribution in [0.1, 0.15) is 60.0 Å². The predicted molar refractivity (Wildman–Crippen MR) is 154 cm³/mol. The molecule has 5 rings (SSSR count). The number of carbonyl (C=O) groups excluding carboxylic acids is 1. The molecule has 4 aromatic rings. The van der Waals surface area contributed by atoms with Gasteiger partial charge in [0.25, 0.3) is 5.91 Å². The Morgan fingerprint density at radius 3 is 2.55 bits per heavy atom. The van der Waals surface area contributed by atoms with Gasteiger partial charge in [-0.2, -0.15) is 0 Å². The highest BCUT2D eigenvalue weighted by Gasteiger charge is 2.32. The lowest BCUT2D eigenvalue weighted by atomic mass is 9.83. The number of thiophene rings is 1. The summed E-state index contributed by atoms with van der Waals surface area (Å²) < 4.78 is 21.0. The number of amides is 1. The summed E-state index contributed by atoms with van der Waals surface area (Å²) >= 11 is 7.92. The number of aryl methyl sites for hydroxylation is 1. The summed E-state index contributed by atoms with van der Waals surface area (Å²) in [6.45, 7) is 4.57. The van der Waals surface area contributed by atoms with E-state index < -0.39 is 5.82 Å². The first kappa shape index (κ1) is 26.6. The Morgan fingerprint density at radius 1 is 1.13 bits per heavy atom. The van der Waals surface area contributed by atoms with Crippen molar-refractivity contribution in [1.82, 2.24) is 9.88 Å². The molecule has 1 aliphatic rings. The molecule has 2 heterocycles. The number of aromatic nitrogens is 1. The lowest BCUT2D eigenvalue weighted by Crippen LogP contribution is -2.41. The van der Waals surface area contributed by atoms with Gasteiger partial charge in [0, 0.05) is 45.7 Å². The van der Waals surface area contributed by atoms with Crippen LogP contribution in [0.5, 0.6) is 5.75 Å². The number of ether oxygens (including phenoxy) is 1. The Labute approximate surface area is 232 Å². The van der Waals surface area contributed by atoms with E-state index in [1.807, 2.05) is 48.4 Å². The number of hydrogen-bond acceptors (Lipinski definition) is 4. The average Bonchev–Trinajstić information content (AvgIpc) is 3.29. The maximum atomic E-state index is 14.6. The molecule has 0 atom stereocenters. The van der Waals surface area contributed by atoms with E-state index in [9.17, 15) is 9.18 Å². The van der Waals surface area contributed by atoms with Gasteiger partial charge in [0.1, 0.15) is 16.4 Å². The van der Waals surface area contributed by atoms with Crippen LogP contribution < -0.4 is 4.74 Å². The monoisotopic (exact) mass is 550 g/mol. The van der Waals surface area contributed by atoms with Gasteiger partial charge in [-0.25, -0.2) is 4.39 Å². The fourth-order valence-electron chi connectivity index (χ4n) is 5.47. The van der Waals surface area contributed by atoms with Crippen LogP contribution in [0.2, 0.25) is 5.02 Å². The normalized spacial score (nSPS) is 17.5. The van der Waals surface area contributed by atoms with Gasteiger partial charge >= 0.3 is 0 Å². The number of fused-ring (bicyclic) bond motifs is 1. The minimum absolute atomic E-state index is 0.0748. The Bertz CT molecular complexity index is 1440. The first-order valence-corrected chi connectivity index (χ1v) is 14.4. The molecule has 0 N–H and O–H groups in total. The minimum Gasteiger partial charge on any atom is -0.496 e. The Morgan fingerprint density at radius 2 is 1.89 bits per heavy atom. The standard InChI is InChI=1S/C31H32ClFN2O2S/c1-4-20-9-13-24(14-10-20)35(31(36)30-29(32)28-25(33)6-5-7-27(28)38-30)18-23-16-21(12-15-26(23)37-3)22-11-8-19(2)34-17-22/h5-8,11-12,15-17,20,24H,4,9-10,13-14,18H2,1-3H3/t20-,24-. The van der Waals surface area contributed by atoms with Crippen molar-refractivity contribution in [3.05, 3.63) is 81.7 Å². The van der Waals surface area contributed by atoms with Gasteiger partial charge in [0.15, 0.2) is 0 Å². The third-order valence-corrected chi connectivity index (χ3v) is 9.39. The van der Waals surface area contributed by atoms with Gasteiger partial charge in [-0.05, 0) is 74.4 Å². The Kier molecular flexibility index (Phi) is 8.01. The van der Waals surface area contributed by atoms with Gasteiger partial charge in [-0.3, -0.25) is 9.78 Å². The molecule has 0 unspecified atom stereocenters. The van der Waals surface area contributed by atoms with Crippen molar-refractivity contribution in [2.45, 2.75) is 58.5 Å². The van der Waals surface area contributed by atoms with Crippen LogP contribution in [-0.4, -0.2) is 28.9 Å². The van der Waals surface area contributed by atoms with Crippen LogP contribution in [0.3, 0.4) is 0 Å². The number of methoxy groups -OCH3 is 1. The maximum Gasteiger partial charge on any atom is 0.266 e. The van der Waals surface area contributed by atoms with Crippen LogP contribution in [0.25, 0.3) is 21.2 Å².